The molecular weight excluding hydrogens is 519 g/mol. The summed E-state index contributed by atoms with van der Waals surface area (Å²) in [7, 11) is 2.20. The molecule has 1 unspecified atom stereocenters. The Morgan fingerprint density at radius 1 is 1.12 bits per heavy atom. The van der Waals surface area contributed by atoms with E-state index >= 15 is 0 Å². The van der Waals surface area contributed by atoms with Gasteiger partial charge in [-0.2, -0.15) is 0 Å². The highest BCUT2D eigenvalue weighted by Gasteiger charge is 2.40. The molecule has 4 atom stereocenters. The van der Waals surface area contributed by atoms with Crippen molar-refractivity contribution in [2.24, 2.45) is 4.99 Å². The van der Waals surface area contributed by atoms with E-state index in [9.17, 15) is 5.11 Å². The number of aromatic nitrogens is 3. The Kier molecular flexibility index (Phi) is 7.35. The first-order valence-corrected chi connectivity index (χ1v) is 13.5. The maximum absolute atomic E-state index is 10.9. The van der Waals surface area contributed by atoms with Crippen LogP contribution in [0.15, 0.2) is 34.0 Å². The molecule has 2 saturated heterocycles. The van der Waals surface area contributed by atoms with Crippen molar-refractivity contribution < 1.29 is 5.11 Å². The normalized spacial score (nSPS) is 26.5. The minimum Gasteiger partial charge on any atom is -0.506 e. The first-order valence-electron chi connectivity index (χ1n) is 10.5. The number of thiol groups is 1. The fourth-order valence-electron chi connectivity index (χ4n) is 4.90. The van der Waals surface area contributed by atoms with Crippen molar-refractivity contribution in [1.29, 1.82) is 0 Å². The molecule has 3 aliphatic heterocycles. The molecule has 0 aromatic carbocycles. The second kappa shape index (κ2) is 9.77. The van der Waals surface area contributed by atoms with E-state index in [0.29, 0.717) is 23.8 Å². The third-order valence-corrected chi connectivity index (χ3v) is 10.6. The number of hydrogen-bond donors (Lipinski definition) is 3. The van der Waals surface area contributed by atoms with E-state index in [4.69, 9.17) is 4.99 Å². The van der Waals surface area contributed by atoms with Crippen LogP contribution in [0.3, 0.4) is 0 Å². The Bertz CT molecular complexity index is 1170. The number of aryl methyl sites for hydroxylation is 1. The van der Waals surface area contributed by atoms with Gasteiger partial charge in [-0.3, -0.25) is 4.31 Å². The number of nitrogens with zero attached hydrogens (tertiary/aromatic N) is 5. The number of rotatable bonds is 4. The van der Waals surface area contributed by atoms with Gasteiger partial charge in [0.1, 0.15) is 21.5 Å². The highest BCUT2D eigenvalue weighted by Crippen LogP contribution is 2.56. The molecule has 2 bridgehead atoms. The summed E-state index contributed by atoms with van der Waals surface area (Å²) in [5, 5.41) is 18.5. The average molecular weight is 546 g/mol. The van der Waals surface area contributed by atoms with Crippen molar-refractivity contribution in [2.75, 3.05) is 7.05 Å². The van der Waals surface area contributed by atoms with Crippen LogP contribution in [0.25, 0.3) is 10.4 Å². The zero-order valence-electron chi connectivity index (χ0n) is 18.1. The zero-order chi connectivity index (χ0) is 21.1. The summed E-state index contributed by atoms with van der Waals surface area (Å²) in [4.78, 5) is 19.6. The van der Waals surface area contributed by atoms with Crippen LogP contribution >= 0.6 is 58.6 Å². The Morgan fingerprint density at radius 2 is 1.88 bits per heavy atom. The van der Waals surface area contributed by atoms with Crippen LogP contribution in [0.2, 0.25) is 0 Å². The van der Waals surface area contributed by atoms with Gasteiger partial charge in [0.25, 0.3) is 0 Å². The number of nitrogens with one attached hydrogen (secondary N) is 1. The zero-order valence-corrected chi connectivity index (χ0v) is 22.3. The van der Waals surface area contributed by atoms with Gasteiger partial charge in [0.05, 0.1) is 15.4 Å². The lowest BCUT2D eigenvalue weighted by atomic mass is 10.0. The van der Waals surface area contributed by atoms with Crippen LogP contribution in [0.4, 0.5) is 5.00 Å². The molecule has 3 aromatic rings. The lowest BCUT2D eigenvalue weighted by Crippen LogP contribution is -2.46. The van der Waals surface area contributed by atoms with Gasteiger partial charge in [-0.1, -0.05) is 0 Å². The molecule has 2 N–H and O–H groups in total. The molecule has 0 saturated carbocycles. The maximum atomic E-state index is 10.9. The van der Waals surface area contributed by atoms with Crippen LogP contribution in [0.5, 0.6) is 5.75 Å². The fraction of sp³-hybridized carbons (Fsp3) is 0.429. The SMILES string of the molecule is Cc1ncc(-c2cnc(C3=Nc4scnc4[SH]3N(C)[C@@H]3C[C@H]4CC[C@@H](C3)N4)c(O)c2)s1.Cl.Cl. The molecule has 2 fully saturated rings. The minimum absolute atomic E-state index is 0. The minimum atomic E-state index is -0.911. The van der Waals surface area contributed by atoms with E-state index in [2.05, 4.69) is 31.6 Å². The Morgan fingerprint density at radius 3 is 2.55 bits per heavy atom. The lowest BCUT2D eigenvalue weighted by molar-refractivity contribution is 0.264. The number of halogens is 2. The van der Waals surface area contributed by atoms with Crippen molar-refractivity contribution in [3.8, 4) is 16.2 Å². The third kappa shape index (κ3) is 4.42. The van der Waals surface area contributed by atoms with Crippen molar-refractivity contribution >= 4 is 68.6 Å². The standard InChI is InChI=1S/C21H24N6OS3.2ClH/c1-11-22-9-17(30-11)12-5-16(28)18(23-8-12)20-26-19-21(24-10-29-19)31(20)27(2)15-6-13-3-4-14(7-15)25-13;;/h5,8-10,13-15,25,28,31H,3-4,6-7H2,1-2H3;2*1H/t13-,14+,15-;;. The van der Waals surface area contributed by atoms with Gasteiger partial charge in [-0.15, -0.1) is 58.6 Å². The largest absolute Gasteiger partial charge is 0.506 e. The van der Waals surface area contributed by atoms with Crippen LogP contribution in [-0.4, -0.2) is 54.6 Å². The first kappa shape index (κ1) is 24.8. The summed E-state index contributed by atoms with van der Waals surface area (Å²) >= 11 is 2.25. The van der Waals surface area contributed by atoms with Gasteiger partial charge in [0.15, 0.2) is 5.00 Å². The highest BCUT2D eigenvalue weighted by molar-refractivity contribution is 8.29. The van der Waals surface area contributed by atoms with Crippen molar-refractivity contribution in [2.45, 2.75) is 55.8 Å². The molecule has 0 radical (unpaired) electrons. The van der Waals surface area contributed by atoms with Gasteiger partial charge in [0, 0.05) is 36.1 Å². The number of piperidine rings is 1. The monoisotopic (exact) mass is 544 g/mol. The third-order valence-electron chi connectivity index (χ3n) is 6.42. The molecule has 0 amide bonds. The number of fused-ring (bicyclic) bond motifs is 3. The summed E-state index contributed by atoms with van der Waals surface area (Å²) in [6.45, 7) is 1.98. The van der Waals surface area contributed by atoms with Crippen LogP contribution < -0.4 is 5.32 Å². The lowest BCUT2D eigenvalue weighted by Gasteiger charge is -2.40. The Hall–Kier alpha value is -1.27. The molecule has 6 rings (SSSR count). The predicted octanol–water partition coefficient (Wildman–Crippen LogP) is 5.10. The molecule has 3 aliphatic rings. The van der Waals surface area contributed by atoms with E-state index in [-0.39, 0.29) is 30.6 Å². The van der Waals surface area contributed by atoms with Crippen LogP contribution in [0.1, 0.15) is 36.4 Å². The number of aromatic hydroxyl groups is 1. The fourth-order valence-corrected chi connectivity index (χ4v) is 9.06. The summed E-state index contributed by atoms with van der Waals surface area (Å²) in [5.74, 6) is 0.170. The van der Waals surface area contributed by atoms with E-state index < -0.39 is 11.1 Å². The van der Waals surface area contributed by atoms with Gasteiger partial charge < -0.3 is 10.4 Å². The number of thiazole rings is 2. The molecule has 7 nitrogen and oxygen atoms in total. The molecule has 3 aromatic heterocycles. The number of aliphatic imine (C=N–C) groups is 1. The number of hydrogen-bond acceptors (Lipinski definition) is 9. The second-order valence-electron chi connectivity index (χ2n) is 8.40. The van der Waals surface area contributed by atoms with Gasteiger partial charge in [-0.25, -0.2) is 19.9 Å². The van der Waals surface area contributed by atoms with E-state index in [0.717, 1.165) is 43.4 Å². The summed E-state index contributed by atoms with van der Waals surface area (Å²) < 4.78 is 2.48. The smallest absolute Gasteiger partial charge is 0.151 e. The summed E-state index contributed by atoms with van der Waals surface area (Å²) in [6.07, 6.45) is 8.51. The first-order chi connectivity index (χ1) is 15.1. The van der Waals surface area contributed by atoms with Crippen molar-refractivity contribution in [3.63, 3.8) is 0 Å². The Labute approximate surface area is 216 Å². The van der Waals surface area contributed by atoms with E-state index in [1.165, 1.54) is 12.8 Å². The van der Waals surface area contributed by atoms with Crippen molar-refractivity contribution in [3.05, 3.63) is 34.7 Å². The quantitative estimate of drug-likeness (QED) is 0.396. The molecule has 6 heterocycles. The molecule has 33 heavy (non-hydrogen) atoms. The molecular formula is C21H26Cl2N6OS3. The summed E-state index contributed by atoms with van der Waals surface area (Å²) in [6, 6.07) is 3.51. The molecule has 12 heteroatoms. The van der Waals surface area contributed by atoms with Crippen molar-refractivity contribution in [1.82, 2.24) is 24.6 Å². The van der Waals surface area contributed by atoms with E-state index in [1.54, 1.807) is 28.7 Å². The number of pyridine rings is 1. The average Bonchev–Trinajstić information content (AvgIpc) is 3.52. The Balaban J connectivity index is 0.00000130. The molecule has 178 valence electrons. The van der Waals surface area contributed by atoms with Gasteiger partial charge in [-0.05, 0) is 45.7 Å². The molecule has 0 aliphatic carbocycles. The van der Waals surface area contributed by atoms with Gasteiger partial charge in [0.2, 0.25) is 0 Å². The van der Waals surface area contributed by atoms with E-state index in [1.807, 2.05) is 24.8 Å². The topological polar surface area (TPSA) is 86.5 Å². The van der Waals surface area contributed by atoms with Gasteiger partial charge >= 0.3 is 0 Å². The predicted molar refractivity (Wildman–Crippen MR) is 143 cm³/mol. The maximum Gasteiger partial charge on any atom is 0.151 e. The second-order valence-corrected chi connectivity index (χ2v) is 12.6. The van der Waals surface area contributed by atoms with Crippen LogP contribution in [0, 0.1) is 6.92 Å². The summed E-state index contributed by atoms with van der Waals surface area (Å²) in [5.41, 5.74) is 3.33. The molecule has 0 spiro atoms. The highest BCUT2D eigenvalue weighted by atomic mass is 35.5. The van der Waals surface area contributed by atoms with Crippen LogP contribution in [-0.2, 0) is 0 Å².